The minimum Gasteiger partial charge on any atom is -0.349 e. The smallest absolute Gasteiger partial charge is 0.349 e. The van der Waals surface area contributed by atoms with Crippen molar-refractivity contribution in [3.8, 4) is 0 Å². The van der Waals surface area contributed by atoms with Crippen molar-refractivity contribution >= 4 is 40.1 Å². The second-order valence-corrected chi connectivity index (χ2v) is 7.73. The van der Waals surface area contributed by atoms with Crippen LogP contribution in [0.4, 0.5) is 19.0 Å². The Bertz CT molecular complexity index is 1220. The molecule has 168 valence electrons. The largest absolute Gasteiger partial charge is 0.418 e. The van der Waals surface area contributed by atoms with Crippen LogP contribution in [0.3, 0.4) is 0 Å². The van der Waals surface area contributed by atoms with Crippen LogP contribution in [0, 0.1) is 0 Å². The van der Waals surface area contributed by atoms with Crippen LogP contribution in [0.5, 0.6) is 0 Å². The number of nitrogens with zero attached hydrogens (tertiary/aromatic N) is 8. The van der Waals surface area contributed by atoms with Gasteiger partial charge in [-0.2, -0.15) is 28.1 Å². The Labute approximate surface area is 185 Å². The number of carbonyl (C=O) groups is 1. The molecule has 1 atom stereocenters. The fourth-order valence-electron chi connectivity index (χ4n) is 3.52. The summed E-state index contributed by atoms with van der Waals surface area (Å²) in [6.07, 6.45) is -1.51. The van der Waals surface area contributed by atoms with Crippen molar-refractivity contribution < 1.29 is 18.0 Å². The lowest BCUT2D eigenvalue weighted by atomic mass is 10.1. The van der Waals surface area contributed by atoms with E-state index in [1.807, 2.05) is 6.92 Å². The summed E-state index contributed by atoms with van der Waals surface area (Å²) in [6, 6.07) is 1.79. The third kappa shape index (κ3) is 3.85. The molecule has 0 N–H and O–H groups in total. The van der Waals surface area contributed by atoms with Gasteiger partial charge < -0.3 is 4.90 Å². The number of amides is 1. The third-order valence-corrected chi connectivity index (χ3v) is 5.50. The quantitative estimate of drug-likeness (QED) is 0.586. The monoisotopic (exact) mass is 466 g/mol. The number of benzene rings is 1. The summed E-state index contributed by atoms with van der Waals surface area (Å²) in [5.74, 6) is 1.17. The van der Waals surface area contributed by atoms with Crippen LogP contribution in [-0.2, 0) is 11.0 Å². The van der Waals surface area contributed by atoms with Crippen molar-refractivity contribution in [2.45, 2.75) is 32.0 Å². The lowest BCUT2D eigenvalue weighted by Gasteiger charge is -2.27. The summed E-state index contributed by atoms with van der Waals surface area (Å²) in [5, 5.41) is 9.82. The Morgan fingerprint density at radius 2 is 1.91 bits per heavy atom. The summed E-state index contributed by atoms with van der Waals surface area (Å²) in [4.78, 5) is 25.8. The minimum absolute atomic E-state index is 0.0747. The number of carbonyl (C=O) groups excluding carboxylic acids is 1. The van der Waals surface area contributed by atoms with Crippen molar-refractivity contribution in [1.29, 1.82) is 0 Å². The molecule has 0 bridgehead atoms. The predicted molar refractivity (Wildman–Crippen MR) is 111 cm³/mol. The summed E-state index contributed by atoms with van der Waals surface area (Å²) in [6.45, 7) is 1.81. The molecule has 32 heavy (non-hydrogen) atoms. The number of hydrogen-bond acceptors (Lipinski definition) is 7. The maximum absolute atomic E-state index is 13.5. The molecule has 13 heteroatoms. The van der Waals surface area contributed by atoms with Gasteiger partial charge in [-0.25, -0.2) is 20.0 Å². The number of hydrazone groups is 1. The molecule has 1 amide bonds. The average molecular weight is 467 g/mol. The zero-order chi connectivity index (χ0) is 23.2. The number of fused-ring (bicyclic) bond motifs is 1. The van der Waals surface area contributed by atoms with E-state index in [-0.39, 0.29) is 34.1 Å². The molecule has 9 nitrogen and oxygen atoms in total. The first-order valence-corrected chi connectivity index (χ1v) is 9.94. The number of rotatable bonds is 3. The van der Waals surface area contributed by atoms with Gasteiger partial charge >= 0.3 is 6.18 Å². The van der Waals surface area contributed by atoms with Crippen molar-refractivity contribution in [1.82, 2.24) is 29.7 Å². The predicted octanol–water partition coefficient (Wildman–Crippen LogP) is 3.50. The van der Waals surface area contributed by atoms with Crippen LogP contribution >= 0.6 is 11.6 Å². The Morgan fingerprint density at radius 1 is 1.16 bits per heavy atom. The zero-order valence-electron chi connectivity index (χ0n) is 17.3. The van der Waals surface area contributed by atoms with Crippen molar-refractivity contribution in [3.05, 3.63) is 41.2 Å². The highest BCUT2D eigenvalue weighted by Crippen LogP contribution is 2.39. The molecule has 1 aromatic carbocycles. The first kappa shape index (κ1) is 21.9. The van der Waals surface area contributed by atoms with Crippen molar-refractivity contribution in [2.75, 3.05) is 19.0 Å². The zero-order valence-corrected chi connectivity index (χ0v) is 18.1. The van der Waals surface area contributed by atoms with Gasteiger partial charge in [-0.15, -0.1) is 0 Å². The number of halogens is 4. The molecule has 1 aliphatic rings. The van der Waals surface area contributed by atoms with E-state index < -0.39 is 17.8 Å². The van der Waals surface area contributed by atoms with Gasteiger partial charge in [0.15, 0.2) is 11.7 Å². The van der Waals surface area contributed by atoms with Crippen molar-refractivity contribution in [3.63, 3.8) is 0 Å². The van der Waals surface area contributed by atoms with Gasteiger partial charge in [-0.3, -0.25) is 4.79 Å². The van der Waals surface area contributed by atoms with Gasteiger partial charge in [-0.1, -0.05) is 11.6 Å². The molecular weight excluding hydrogens is 449 g/mol. The van der Waals surface area contributed by atoms with Crippen LogP contribution < -0.4 is 4.90 Å². The summed E-state index contributed by atoms with van der Waals surface area (Å²) >= 11 is 5.99. The average Bonchev–Trinajstić information content (AvgIpc) is 3.23. The van der Waals surface area contributed by atoms with Gasteiger partial charge in [0.2, 0.25) is 5.91 Å². The van der Waals surface area contributed by atoms with Gasteiger partial charge in [0.1, 0.15) is 18.5 Å². The third-order valence-electron chi connectivity index (χ3n) is 5.28. The maximum atomic E-state index is 13.5. The van der Waals surface area contributed by atoms with E-state index in [4.69, 9.17) is 11.6 Å². The van der Waals surface area contributed by atoms with Gasteiger partial charge in [0.05, 0.1) is 17.1 Å². The highest BCUT2D eigenvalue weighted by molar-refractivity contribution is 6.31. The second-order valence-electron chi connectivity index (χ2n) is 7.30. The van der Waals surface area contributed by atoms with Crippen LogP contribution in [0.25, 0.3) is 10.9 Å². The molecule has 3 aromatic rings. The lowest BCUT2D eigenvalue weighted by molar-refractivity contribution is -0.136. The fraction of sp³-hybridized carbons (Fsp3) is 0.368. The summed E-state index contributed by atoms with van der Waals surface area (Å²) < 4.78 is 42.1. The van der Waals surface area contributed by atoms with Crippen LogP contribution in [-0.4, -0.2) is 55.6 Å². The Balaban J connectivity index is 1.76. The molecule has 0 fully saturated rings. The molecule has 4 rings (SSSR count). The number of hydrogen-bond donors (Lipinski definition) is 0. The van der Waals surface area contributed by atoms with E-state index in [2.05, 4.69) is 25.2 Å². The van der Waals surface area contributed by atoms with E-state index in [0.29, 0.717) is 18.1 Å². The number of anilines is 1. The SMILES string of the molecule is C[C@@H](c1ncnn1C1=NN(C)C(=O)CC1)N(C)c1ncnc2c(C(F)(F)F)cc(Cl)cc12. The van der Waals surface area contributed by atoms with Crippen LogP contribution in [0.2, 0.25) is 5.02 Å². The minimum atomic E-state index is -4.62. The molecule has 0 saturated carbocycles. The van der Waals surface area contributed by atoms with E-state index in [0.717, 1.165) is 12.4 Å². The highest BCUT2D eigenvalue weighted by atomic mass is 35.5. The molecule has 0 unspecified atom stereocenters. The van der Waals surface area contributed by atoms with E-state index in [1.54, 1.807) is 19.0 Å². The molecule has 0 radical (unpaired) electrons. The number of aromatic nitrogens is 5. The molecule has 2 aromatic heterocycles. The molecule has 0 aliphatic carbocycles. The Kier molecular flexibility index (Phi) is 5.49. The lowest BCUT2D eigenvalue weighted by Crippen LogP contribution is -2.34. The number of alkyl halides is 3. The van der Waals surface area contributed by atoms with Crippen molar-refractivity contribution in [2.24, 2.45) is 5.10 Å². The van der Waals surface area contributed by atoms with Crippen LogP contribution in [0.15, 0.2) is 29.9 Å². The fourth-order valence-corrected chi connectivity index (χ4v) is 3.73. The Morgan fingerprint density at radius 3 is 2.59 bits per heavy atom. The standard InChI is InChI=1S/C19H18ClF3N8O/c1-10(17-26-9-27-31(17)14-4-5-15(32)30(3)28-14)29(2)18-12-6-11(20)7-13(19(21,22)23)16(12)24-8-25-18/h6-10H,4-5H2,1-3H3/t10-/m0/s1. The Hall–Kier alpha value is -3.28. The van der Waals surface area contributed by atoms with E-state index >= 15 is 0 Å². The topological polar surface area (TPSA) is 92.4 Å². The van der Waals surface area contributed by atoms with Gasteiger partial charge in [-0.05, 0) is 19.1 Å². The first-order valence-electron chi connectivity index (χ1n) is 9.56. The van der Waals surface area contributed by atoms with Gasteiger partial charge in [0, 0.05) is 37.3 Å². The maximum Gasteiger partial charge on any atom is 0.418 e. The molecule has 0 saturated heterocycles. The van der Waals surface area contributed by atoms with E-state index in [1.165, 1.54) is 22.1 Å². The van der Waals surface area contributed by atoms with Gasteiger partial charge in [0.25, 0.3) is 0 Å². The first-order chi connectivity index (χ1) is 15.1. The molecule has 0 spiro atoms. The molecular formula is C19H18ClF3N8O. The summed E-state index contributed by atoms with van der Waals surface area (Å²) in [7, 11) is 3.24. The van der Waals surface area contributed by atoms with Crippen LogP contribution in [0.1, 0.15) is 37.2 Å². The summed E-state index contributed by atoms with van der Waals surface area (Å²) in [5.41, 5.74) is -1.18. The normalized spacial score (nSPS) is 15.8. The molecule has 1 aliphatic heterocycles. The van der Waals surface area contributed by atoms with E-state index in [9.17, 15) is 18.0 Å². The molecule has 3 heterocycles. The highest BCUT2D eigenvalue weighted by Gasteiger charge is 2.35. The second kappa shape index (κ2) is 8.01.